The Kier molecular flexibility index (Phi) is 3.60. The number of hydrogen-bond acceptors (Lipinski definition) is 4. The number of benzene rings is 1. The van der Waals surface area contributed by atoms with Crippen molar-refractivity contribution in [3.8, 4) is 11.5 Å². The zero-order valence-corrected chi connectivity index (χ0v) is 14.9. The van der Waals surface area contributed by atoms with Crippen LogP contribution in [0, 0.1) is 0 Å². The first kappa shape index (κ1) is 15.9. The monoisotopic (exact) mass is 308 g/mol. The molecule has 4 nitrogen and oxygen atoms in total. The highest BCUT2D eigenvalue weighted by atomic mass is 28.4. The van der Waals surface area contributed by atoms with Gasteiger partial charge < -0.3 is 13.6 Å². The summed E-state index contributed by atoms with van der Waals surface area (Å²) < 4.78 is 17.5. The summed E-state index contributed by atoms with van der Waals surface area (Å²) >= 11 is 0. The summed E-state index contributed by atoms with van der Waals surface area (Å²) in [5, 5.41) is -0.203. The van der Waals surface area contributed by atoms with E-state index in [0.717, 1.165) is 5.75 Å². The van der Waals surface area contributed by atoms with Gasteiger partial charge in [-0.25, -0.2) is 4.79 Å². The van der Waals surface area contributed by atoms with Crippen LogP contribution in [0.3, 0.4) is 0 Å². The third kappa shape index (κ3) is 2.44. The van der Waals surface area contributed by atoms with Crippen molar-refractivity contribution in [3.05, 3.63) is 23.8 Å². The van der Waals surface area contributed by atoms with Crippen LogP contribution in [0.15, 0.2) is 18.2 Å². The molecule has 0 fully saturated rings. The fourth-order valence-corrected chi connectivity index (χ4v) is 7.45. The molecule has 1 aromatic rings. The Bertz CT molecular complexity index is 553. The number of hydrogen-bond donors (Lipinski definition) is 0. The van der Waals surface area contributed by atoms with Crippen molar-refractivity contribution in [2.24, 2.45) is 0 Å². The van der Waals surface area contributed by atoms with Gasteiger partial charge in [0.2, 0.25) is 0 Å². The molecule has 1 heterocycles. The Balaban J connectivity index is 2.48. The van der Waals surface area contributed by atoms with Crippen molar-refractivity contribution in [3.63, 3.8) is 0 Å². The van der Waals surface area contributed by atoms with E-state index in [9.17, 15) is 4.79 Å². The second-order valence-electron chi connectivity index (χ2n) is 7.47. The lowest BCUT2D eigenvalue weighted by Crippen LogP contribution is -2.59. The van der Waals surface area contributed by atoms with Crippen LogP contribution >= 0.6 is 0 Å². The Morgan fingerprint density at radius 3 is 2.00 bits per heavy atom. The Labute approximate surface area is 127 Å². The van der Waals surface area contributed by atoms with Crippen LogP contribution in [-0.2, 0) is 4.74 Å². The second-order valence-corrected chi connectivity index (χ2v) is 12.1. The first-order chi connectivity index (χ1) is 9.52. The van der Waals surface area contributed by atoms with Crippen LogP contribution in [0.2, 0.25) is 10.1 Å². The van der Waals surface area contributed by atoms with Crippen molar-refractivity contribution in [2.75, 3.05) is 7.11 Å². The van der Waals surface area contributed by atoms with Gasteiger partial charge in [0, 0.05) is 10.1 Å². The molecule has 0 radical (unpaired) electrons. The highest BCUT2D eigenvalue weighted by molar-refractivity contribution is 6.75. The molecular formula is C16H24O4Si. The van der Waals surface area contributed by atoms with Crippen LogP contribution in [0.1, 0.15) is 51.9 Å². The van der Waals surface area contributed by atoms with Crippen LogP contribution < -0.4 is 8.85 Å². The van der Waals surface area contributed by atoms with Gasteiger partial charge in [-0.05, 0) is 18.2 Å². The topological polar surface area (TPSA) is 44.8 Å². The molecule has 0 aliphatic carbocycles. The van der Waals surface area contributed by atoms with Crippen LogP contribution in [0.5, 0.6) is 11.5 Å². The van der Waals surface area contributed by atoms with Crippen LogP contribution in [-0.4, -0.2) is 21.6 Å². The van der Waals surface area contributed by atoms with Gasteiger partial charge in [-0.3, -0.25) is 0 Å². The molecule has 2 rings (SSSR count). The number of carbonyl (C=O) groups is 1. The van der Waals surface area contributed by atoms with Crippen molar-refractivity contribution in [1.82, 2.24) is 0 Å². The summed E-state index contributed by atoms with van der Waals surface area (Å²) in [6.45, 7) is 12.9. The lowest BCUT2D eigenvalue weighted by Gasteiger charge is -2.43. The van der Waals surface area contributed by atoms with Gasteiger partial charge in [-0.1, -0.05) is 41.5 Å². The van der Waals surface area contributed by atoms with E-state index < -0.39 is 8.56 Å². The minimum atomic E-state index is -2.56. The van der Waals surface area contributed by atoms with Crippen molar-refractivity contribution in [2.45, 2.75) is 51.6 Å². The summed E-state index contributed by atoms with van der Waals surface area (Å²) in [6.07, 6.45) is 0. The standard InChI is InChI=1S/C16H24O4Si/c1-15(2,3)21(16(4,5)6)19-12-9-8-11(14(17)18-7)10-13(12)20-21/h8-10H,1-7H3. The number of esters is 1. The molecule has 0 saturated heterocycles. The molecule has 21 heavy (non-hydrogen) atoms. The molecule has 0 spiro atoms. The minimum absolute atomic E-state index is 0.101. The zero-order chi connectivity index (χ0) is 16.1. The molecule has 0 atom stereocenters. The average molecular weight is 308 g/mol. The normalized spacial score (nSPS) is 16.7. The predicted molar refractivity (Wildman–Crippen MR) is 84.2 cm³/mol. The van der Waals surface area contributed by atoms with Crippen LogP contribution in [0.25, 0.3) is 0 Å². The van der Waals surface area contributed by atoms with Gasteiger partial charge in [-0.15, -0.1) is 0 Å². The Hall–Kier alpha value is -1.49. The Morgan fingerprint density at radius 2 is 1.52 bits per heavy atom. The molecule has 1 aliphatic rings. The lowest BCUT2D eigenvalue weighted by molar-refractivity contribution is 0.0600. The highest BCUT2D eigenvalue weighted by Gasteiger charge is 2.65. The van der Waals surface area contributed by atoms with Gasteiger partial charge in [0.1, 0.15) is 11.5 Å². The minimum Gasteiger partial charge on any atom is -0.508 e. The van der Waals surface area contributed by atoms with E-state index in [0.29, 0.717) is 11.3 Å². The fourth-order valence-electron chi connectivity index (χ4n) is 2.98. The van der Waals surface area contributed by atoms with Crippen molar-refractivity contribution < 1.29 is 18.4 Å². The molecule has 0 amide bonds. The molecular weight excluding hydrogens is 284 g/mol. The fraction of sp³-hybridized carbons (Fsp3) is 0.562. The maximum atomic E-state index is 11.7. The molecule has 1 aliphatic heterocycles. The number of ether oxygens (including phenoxy) is 1. The van der Waals surface area contributed by atoms with E-state index in [1.165, 1.54) is 7.11 Å². The largest absolute Gasteiger partial charge is 0.508 e. The van der Waals surface area contributed by atoms with Gasteiger partial charge in [0.25, 0.3) is 0 Å². The molecule has 5 heteroatoms. The Morgan fingerprint density at radius 1 is 1.00 bits per heavy atom. The third-order valence-corrected chi connectivity index (χ3v) is 8.81. The number of methoxy groups -OCH3 is 1. The number of rotatable bonds is 1. The van der Waals surface area contributed by atoms with E-state index in [1.54, 1.807) is 18.2 Å². The van der Waals surface area contributed by atoms with Crippen molar-refractivity contribution >= 4 is 14.5 Å². The smallest absolute Gasteiger partial charge is 0.471 e. The maximum absolute atomic E-state index is 11.7. The first-order valence-corrected chi connectivity index (χ1v) is 8.94. The molecule has 0 aromatic heterocycles. The van der Waals surface area contributed by atoms with Gasteiger partial charge >= 0.3 is 14.5 Å². The summed E-state index contributed by atoms with van der Waals surface area (Å²) in [7, 11) is -1.19. The molecule has 0 saturated carbocycles. The summed E-state index contributed by atoms with van der Waals surface area (Å²) in [6, 6.07) is 5.23. The average Bonchev–Trinajstić information content (AvgIpc) is 2.76. The third-order valence-electron chi connectivity index (χ3n) is 3.85. The molecule has 0 unspecified atom stereocenters. The summed E-state index contributed by atoms with van der Waals surface area (Å²) in [5.74, 6) is 1.00. The summed E-state index contributed by atoms with van der Waals surface area (Å²) in [4.78, 5) is 11.7. The van der Waals surface area contributed by atoms with Crippen LogP contribution in [0.4, 0.5) is 0 Å². The lowest BCUT2D eigenvalue weighted by atomic mass is 10.2. The van der Waals surface area contributed by atoms with E-state index in [1.807, 2.05) is 0 Å². The van der Waals surface area contributed by atoms with Crippen molar-refractivity contribution in [1.29, 1.82) is 0 Å². The molecule has 0 bridgehead atoms. The molecule has 0 N–H and O–H groups in total. The van der Waals surface area contributed by atoms with Gasteiger partial charge in [0.05, 0.1) is 12.7 Å². The summed E-state index contributed by atoms with van der Waals surface area (Å²) in [5.41, 5.74) is 0.479. The quantitative estimate of drug-likeness (QED) is 0.573. The van der Waals surface area contributed by atoms with E-state index >= 15 is 0 Å². The van der Waals surface area contributed by atoms with Gasteiger partial charge in [-0.2, -0.15) is 0 Å². The number of fused-ring (bicyclic) bond motifs is 1. The van der Waals surface area contributed by atoms with E-state index in [2.05, 4.69) is 41.5 Å². The second kappa shape index (κ2) is 4.76. The SMILES string of the molecule is COC(=O)c1ccc2c(c1)O[Si](C(C)(C)C)(C(C)(C)C)O2. The maximum Gasteiger partial charge on any atom is 0.471 e. The highest BCUT2D eigenvalue weighted by Crippen LogP contribution is 2.57. The molecule has 116 valence electrons. The zero-order valence-electron chi connectivity index (χ0n) is 13.9. The van der Waals surface area contributed by atoms with E-state index in [-0.39, 0.29) is 16.0 Å². The van der Waals surface area contributed by atoms with E-state index in [4.69, 9.17) is 13.6 Å². The molecule has 1 aromatic carbocycles. The van der Waals surface area contributed by atoms with Gasteiger partial charge in [0.15, 0.2) is 0 Å². The predicted octanol–water partition coefficient (Wildman–Crippen LogP) is 4.29. The first-order valence-electron chi connectivity index (χ1n) is 7.12. The number of carbonyl (C=O) groups excluding carboxylic acids is 1.